The smallest absolute Gasteiger partial charge is 0.123 e. The Bertz CT molecular complexity index is 570. The van der Waals surface area contributed by atoms with Crippen molar-refractivity contribution in [1.29, 1.82) is 0 Å². The molecular weight excluding hydrogens is 269 g/mol. The van der Waals surface area contributed by atoms with Crippen LogP contribution in [0.1, 0.15) is 11.1 Å². The molecule has 1 N–H and O–H groups in total. The van der Waals surface area contributed by atoms with E-state index in [4.69, 9.17) is 9.47 Å². The molecule has 21 heavy (non-hydrogen) atoms. The number of hydrogen-bond donors (Lipinski definition) is 1. The number of ether oxygens (including phenoxy) is 2. The lowest BCUT2D eigenvalue weighted by Gasteiger charge is -2.11. The molecule has 0 saturated heterocycles. The van der Waals surface area contributed by atoms with E-state index in [2.05, 4.69) is 5.32 Å². The number of nitrogens with one attached hydrogen (secondary N) is 1. The van der Waals surface area contributed by atoms with E-state index in [1.165, 1.54) is 17.7 Å². The molecule has 0 bridgehead atoms. The van der Waals surface area contributed by atoms with Crippen LogP contribution in [0.2, 0.25) is 0 Å². The highest BCUT2D eigenvalue weighted by Crippen LogP contribution is 2.20. The summed E-state index contributed by atoms with van der Waals surface area (Å²) in [5, 5.41) is 3.01. The summed E-state index contributed by atoms with van der Waals surface area (Å²) in [6.07, 6.45) is 0.792. The van der Waals surface area contributed by atoms with E-state index in [1.54, 1.807) is 13.2 Å². The number of methoxy groups -OCH3 is 1. The maximum Gasteiger partial charge on any atom is 0.123 e. The van der Waals surface area contributed by atoms with E-state index in [0.29, 0.717) is 13.2 Å². The van der Waals surface area contributed by atoms with Gasteiger partial charge in [-0.3, -0.25) is 0 Å². The average molecular weight is 289 g/mol. The highest BCUT2D eigenvalue weighted by atomic mass is 19.1. The normalized spacial score (nSPS) is 10.4. The highest BCUT2D eigenvalue weighted by molar-refractivity contribution is 5.34. The molecule has 112 valence electrons. The van der Waals surface area contributed by atoms with Gasteiger partial charge in [0.05, 0.1) is 13.7 Å². The van der Waals surface area contributed by atoms with E-state index in [9.17, 15) is 4.39 Å². The summed E-state index contributed by atoms with van der Waals surface area (Å²) in [6, 6.07) is 12.5. The molecule has 0 aliphatic rings. The minimum atomic E-state index is -0.247. The molecule has 2 rings (SSSR count). The first-order valence-electron chi connectivity index (χ1n) is 6.91. The fraction of sp³-hybridized carbons (Fsp3) is 0.294. The van der Waals surface area contributed by atoms with Gasteiger partial charge in [-0.15, -0.1) is 0 Å². The first-order valence-corrected chi connectivity index (χ1v) is 6.91. The van der Waals surface area contributed by atoms with Crippen LogP contribution < -0.4 is 14.8 Å². The van der Waals surface area contributed by atoms with Crippen LogP contribution in [-0.4, -0.2) is 20.8 Å². The molecule has 0 spiro atoms. The molecular formula is C17H20FNO2. The molecule has 0 aromatic heterocycles. The monoisotopic (exact) mass is 289 g/mol. The maximum absolute atomic E-state index is 13.2. The molecule has 4 heteroatoms. The summed E-state index contributed by atoms with van der Waals surface area (Å²) in [5.74, 6) is 1.32. The molecule has 0 fully saturated rings. The lowest BCUT2D eigenvalue weighted by molar-refractivity contribution is 0.317. The lowest BCUT2D eigenvalue weighted by atomic mass is 10.1. The quantitative estimate of drug-likeness (QED) is 0.849. The minimum absolute atomic E-state index is 0.247. The Morgan fingerprint density at radius 1 is 1.10 bits per heavy atom. The van der Waals surface area contributed by atoms with E-state index >= 15 is 0 Å². The van der Waals surface area contributed by atoms with Crippen molar-refractivity contribution in [3.63, 3.8) is 0 Å². The zero-order chi connectivity index (χ0) is 15.1. The number of rotatable bonds is 7. The van der Waals surface area contributed by atoms with Crippen LogP contribution in [-0.2, 0) is 13.0 Å². The molecule has 0 aliphatic carbocycles. The van der Waals surface area contributed by atoms with Crippen LogP contribution in [0.15, 0.2) is 42.5 Å². The number of hydrogen-bond acceptors (Lipinski definition) is 3. The van der Waals surface area contributed by atoms with Gasteiger partial charge in [-0.05, 0) is 42.9 Å². The summed E-state index contributed by atoms with van der Waals surface area (Å²) >= 11 is 0. The maximum atomic E-state index is 13.2. The van der Waals surface area contributed by atoms with Crippen LogP contribution in [0, 0.1) is 5.82 Å². The largest absolute Gasteiger partial charge is 0.497 e. The third-order valence-electron chi connectivity index (χ3n) is 3.20. The topological polar surface area (TPSA) is 30.5 Å². The average Bonchev–Trinajstić information content (AvgIpc) is 2.50. The summed E-state index contributed by atoms with van der Waals surface area (Å²) in [6.45, 7) is 1.13. The van der Waals surface area contributed by atoms with Crippen molar-refractivity contribution in [3.05, 3.63) is 59.4 Å². The lowest BCUT2D eigenvalue weighted by Crippen LogP contribution is -2.09. The van der Waals surface area contributed by atoms with Crippen molar-refractivity contribution >= 4 is 0 Å². The van der Waals surface area contributed by atoms with Gasteiger partial charge < -0.3 is 14.8 Å². The second-order valence-corrected chi connectivity index (χ2v) is 4.73. The Hall–Kier alpha value is -2.07. The summed E-state index contributed by atoms with van der Waals surface area (Å²) in [7, 11) is 3.47. The van der Waals surface area contributed by atoms with E-state index in [1.807, 2.05) is 31.3 Å². The Morgan fingerprint density at radius 2 is 1.86 bits per heavy atom. The Balaban J connectivity index is 1.93. The summed E-state index contributed by atoms with van der Waals surface area (Å²) in [4.78, 5) is 0. The fourth-order valence-electron chi connectivity index (χ4n) is 2.09. The van der Waals surface area contributed by atoms with Crippen molar-refractivity contribution in [2.45, 2.75) is 13.0 Å². The van der Waals surface area contributed by atoms with Crippen LogP contribution >= 0.6 is 0 Å². The predicted molar refractivity (Wildman–Crippen MR) is 81.4 cm³/mol. The summed E-state index contributed by atoms with van der Waals surface area (Å²) in [5.41, 5.74) is 2.00. The Kier molecular flexibility index (Phi) is 5.58. The minimum Gasteiger partial charge on any atom is -0.497 e. The van der Waals surface area contributed by atoms with Gasteiger partial charge in [-0.2, -0.15) is 0 Å². The van der Waals surface area contributed by atoms with Crippen LogP contribution in [0.3, 0.4) is 0 Å². The molecule has 3 nitrogen and oxygen atoms in total. The molecule has 0 unspecified atom stereocenters. The first-order chi connectivity index (χ1) is 10.2. The van der Waals surface area contributed by atoms with Gasteiger partial charge in [0.15, 0.2) is 0 Å². The third kappa shape index (κ3) is 4.46. The third-order valence-corrected chi connectivity index (χ3v) is 3.20. The van der Waals surface area contributed by atoms with Crippen LogP contribution in [0.25, 0.3) is 0 Å². The van der Waals surface area contributed by atoms with Crippen molar-refractivity contribution in [3.8, 4) is 11.5 Å². The molecule has 0 atom stereocenters. The highest BCUT2D eigenvalue weighted by Gasteiger charge is 2.05. The van der Waals surface area contributed by atoms with E-state index < -0.39 is 0 Å². The Morgan fingerprint density at radius 3 is 2.52 bits per heavy atom. The number of benzene rings is 2. The van der Waals surface area contributed by atoms with Gasteiger partial charge in [-0.25, -0.2) is 4.39 Å². The van der Waals surface area contributed by atoms with Crippen molar-refractivity contribution in [2.24, 2.45) is 0 Å². The van der Waals surface area contributed by atoms with Crippen molar-refractivity contribution in [2.75, 3.05) is 20.8 Å². The van der Waals surface area contributed by atoms with E-state index in [-0.39, 0.29) is 5.82 Å². The molecule has 0 aliphatic heterocycles. The molecule has 0 amide bonds. The Labute approximate surface area is 124 Å². The van der Waals surface area contributed by atoms with Gasteiger partial charge in [0, 0.05) is 18.5 Å². The van der Waals surface area contributed by atoms with Gasteiger partial charge in [-0.1, -0.05) is 12.1 Å². The van der Waals surface area contributed by atoms with Crippen LogP contribution in [0.5, 0.6) is 11.5 Å². The van der Waals surface area contributed by atoms with Crippen molar-refractivity contribution < 1.29 is 13.9 Å². The summed E-state index contributed by atoms with van der Waals surface area (Å²) < 4.78 is 24.1. The number of halogens is 1. The zero-order valence-electron chi connectivity index (χ0n) is 12.4. The molecule has 2 aromatic carbocycles. The van der Waals surface area contributed by atoms with Gasteiger partial charge in [0.1, 0.15) is 17.3 Å². The van der Waals surface area contributed by atoms with Gasteiger partial charge >= 0.3 is 0 Å². The molecule has 0 radical (unpaired) electrons. The second kappa shape index (κ2) is 7.64. The van der Waals surface area contributed by atoms with Gasteiger partial charge in [0.2, 0.25) is 0 Å². The predicted octanol–water partition coefficient (Wildman–Crippen LogP) is 3.18. The fourth-order valence-corrected chi connectivity index (χ4v) is 2.09. The molecule has 0 saturated carbocycles. The van der Waals surface area contributed by atoms with E-state index in [0.717, 1.165) is 23.5 Å². The van der Waals surface area contributed by atoms with Crippen LogP contribution in [0.4, 0.5) is 4.39 Å². The van der Waals surface area contributed by atoms with Gasteiger partial charge in [0.25, 0.3) is 0 Å². The molecule has 0 heterocycles. The first kappa shape index (κ1) is 15.3. The SMILES string of the molecule is CNCc1cc(F)ccc1OCCc1ccc(OC)cc1. The molecule has 2 aromatic rings. The zero-order valence-corrected chi connectivity index (χ0v) is 12.4. The second-order valence-electron chi connectivity index (χ2n) is 4.73. The standard InChI is InChI=1S/C17H20FNO2/c1-19-12-14-11-15(18)5-8-17(14)21-10-9-13-3-6-16(20-2)7-4-13/h3-8,11,19H,9-10,12H2,1-2H3. The van der Waals surface area contributed by atoms with Crippen molar-refractivity contribution in [1.82, 2.24) is 5.32 Å².